The molecule has 0 aliphatic carbocycles. The van der Waals surface area contributed by atoms with Gasteiger partial charge in [0.1, 0.15) is 10.7 Å². The first-order chi connectivity index (χ1) is 9.82. The second-order valence-electron chi connectivity index (χ2n) is 5.99. The van der Waals surface area contributed by atoms with Crippen molar-refractivity contribution in [2.24, 2.45) is 5.73 Å². The molecule has 0 radical (unpaired) electrons. The van der Waals surface area contributed by atoms with Gasteiger partial charge in [-0.25, -0.2) is 4.98 Å². The zero-order chi connectivity index (χ0) is 15.6. The van der Waals surface area contributed by atoms with Crippen molar-refractivity contribution in [3.05, 3.63) is 45.9 Å². The number of thiazole rings is 1. The van der Waals surface area contributed by atoms with Crippen LogP contribution >= 0.6 is 23.7 Å². The molecular formula is C16H22ClN3OS. The van der Waals surface area contributed by atoms with Gasteiger partial charge in [0.25, 0.3) is 5.91 Å². The number of nitrogens with zero attached hydrogens (tertiary/aromatic N) is 2. The minimum atomic E-state index is -0.116. The third-order valence-electron chi connectivity index (χ3n) is 3.37. The molecule has 1 aromatic carbocycles. The van der Waals surface area contributed by atoms with E-state index in [-0.39, 0.29) is 23.7 Å². The summed E-state index contributed by atoms with van der Waals surface area (Å²) in [5.74, 6) is -0.116. The van der Waals surface area contributed by atoms with Crippen LogP contribution in [0.2, 0.25) is 0 Å². The van der Waals surface area contributed by atoms with Crippen LogP contribution in [0.15, 0.2) is 29.6 Å². The molecule has 0 spiro atoms. The van der Waals surface area contributed by atoms with Gasteiger partial charge in [-0.1, -0.05) is 32.9 Å². The van der Waals surface area contributed by atoms with E-state index in [1.54, 1.807) is 17.3 Å². The number of hydrogen-bond donors (Lipinski definition) is 1. The summed E-state index contributed by atoms with van der Waals surface area (Å²) in [6.45, 7) is 6.86. The topological polar surface area (TPSA) is 59.2 Å². The fourth-order valence-corrected chi connectivity index (χ4v) is 2.63. The van der Waals surface area contributed by atoms with Crippen molar-refractivity contribution in [2.75, 3.05) is 11.9 Å². The number of aromatic nitrogens is 1. The van der Waals surface area contributed by atoms with E-state index in [1.807, 2.05) is 12.1 Å². The summed E-state index contributed by atoms with van der Waals surface area (Å²) in [4.78, 5) is 18.2. The van der Waals surface area contributed by atoms with E-state index in [9.17, 15) is 4.79 Å². The van der Waals surface area contributed by atoms with Crippen molar-refractivity contribution in [2.45, 2.75) is 32.7 Å². The van der Waals surface area contributed by atoms with Gasteiger partial charge in [-0.15, -0.1) is 23.7 Å². The average molecular weight is 340 g/mol. The number of rotatable bonds is 3. The SMILES string of the molecule is CN(C(=O)c1csc(CN)n1)c1ccc(C(C)(C)C)cc1.Cl. The summed E-state index contributed by atoms with van der Waals surface area (Å²) in [7, 11) is 1.76. The minimum Gasteiger partial charge on any atom is -0.325 e. The monoisotopic (exact) mass is 339 g/mol. The van der Waals surface area contributed by atoms with Crippen LogP contribution in [-0.2, 0) is 12.0 Å². The highest BCUT2D eigenvalue weighted by molar-refractivity contribution is 7.09. The third kappa shape index (κ3) is 4.06. The predicted octanol–water partition coefficient (Wildman–Crippen LogP) is 3.60. The van der Waals surface area contributed by atoms with Gasteiger partial charge >= 0.3 is 0 Å². The Kier molecular flexibility index (Phi) is 6.11. The molecule has 0 aliphatic rings. The number of hydrogen-bond acceptors (Lipinski definition) is 4. The largest absolute Gasteiger partial charge is 0.325 e. The lowest BCUT2D eigenvalue weighted by molar-refractivity contribution is 0.0989. The van der Waals surface area contributed by atoms with Gasteiger partial charge in [-0.05, 0) is 23.1 Å². The molecule has 0 saturated carbocycles. The van der Waals surface area contributed by atoms with Crippen LogP contribution in [-0.4, -0.2) is 17.9 Å². The number of carbonyl (C=O) groups is 1. The van der Waals surface area contributed by atoms with Crippen LogP contribution in [0, 0.1) is 0 Å². The number of carbonyl (C=O) groups excluding carboxylic acids is 1. The van der Waals surface area contributed by atoms with Crippen LogP contribution in [0.4, 0.5) is 5.69 Å². The molecule has 0 saturated heterocycles. The summed E-state index contributed by atoms with van der Waals surface area (Å²) in [6, 6.07) is 8.06. The van der Waals surface area contributed by atoms with Gasteiger partial charge < -0.3 is 10.6 Å². The van der Waals surface area contributed by atoms with Crippen LogP contribution < -0.4 is 10.6 Å². The smallest absolute Gasteiger partial charge is 0.277 e. The molecule has 0 aliphatic heterocycles. The Morgan fingerprint density at radius 3 is 2.32 bits per heavy atom. The molecule has 2 N–H and O–H groups in total. The molecule has 2 rings (SSSR count). The number of amides is 1. The van der Waals surface area contributed by atoms with E-state index in [1.165, 1.54) is 16.9 Å². The number of anilines is 1. The Morgan fingerprint density at radius 2 is 1.86 bits per heavy atom. The predicted molar refractivity (Wildman–Crippen MR) is 95.1 cm³/mol. The lowest BCUT2D eigenvalue weighted by Gasteiger charge is -2.21. The second-order valence-corrected chi connectivity index (χ2v) is 6.93. The first-order valence-electron chi connectivity index (χ1n) is 6.86. The van der Waals surface area contributed by atoms with Gasteiger partial charge in [0.05, 0.1) is 0 Å². The minimum absolute atomic E-state index is 0. The van der Waals surface area contributed by atoms with E-state index >= 15 is 0 Å². The summed E-state index contributed by atoms with van der Waals surface area (Å²) in [6.07, 6.45) is 0. The van der Waals surface area contributed by atoms with Crippen molar-refractivity contribution >= 4 is 35.3 Å². The van der Waals surface area contributed by atoms with Crippen molar-refractivity contribution < 1.29 is 4.79 Å². The van der Waals surface area contributed by atoms with Gasteiger partial charge in [-0.2, -0.15) is 0 Å². The number of nitrogens with two attached hydrogens (primary N) is 1. The summed E-state index contributed by atoms with van der Waals surface area (Å²) < 4.78 is 0. The maximum absolute atomic E-state index is 12.4. The maximum Gasteiger partial charge on any atom is 0.277 e. The standard InChI is InChI=1S/C16H21N3OS.ClH/c1-16(2,3)11-5-7-12(8-6-11)19(4)15(20)13-10-21-14(9-17)18-13;/h5-8,10H,9,17H2,1-4H3;1H. The Labute approximate surface area is 141 Å². The highest BCUT2D eigenvalue weighted by Crippen LogP contribution is 2.25. The molecule has 2 aromatic rings. The zero-order valence-corrected chi connectivity index (χ0v) is 14.9. The summed E-state index contributed by atoms with van der Waals surface area (Å²) >= 11 is 1.41. The van der Waals surface area contributed by atoms with E-state index in [0.29, 0.717) is 12.2 Å². The molecule has 1 aromatic heterocycles. The number of benzene rings is 1. The molecule has 4 nitrogen and oxygen atoms in total. The first kappa shape index (κ1) is 18.6. The first-order valence-corrected chi connectivity index (χ1v) is 7.74. The Bertz CT molecular complexity index is 632. The fraction of sp³-hybridized carbons (Fsp3) is 0.375. The van der Waals surface area contributed by atoms with Crippen LogP contribution in [0.25, 0.3) is 0 Å². The molecule has 6 heteroatoms. The fourth-order valence-electron chi connectivity index (χ4n) is 1.98. The lowest BCUT2D eigenvalue weighted by atomic mass is 9.87. The van der Waals surface area contributed by atoms with Gasteiger partial charge in [0.2, 0.25) is 0 Å². The van der Waals surface area contributed by atoms with Gasteiger partial charge in [0, 0.05) is 24.7 Å². The summed E-state index contributed by atoms with van der Waals surface area (Å²) in [5.41, 5.74) is 8.18. The zero-order valence-electron chi connectivity index (χ0n) is 13.3. The Hall–Kier alpha value is -1.43. The molecule has 22 heavy (non-hydrogen) atoms. The molecule has 0 bridgehead atoms. The highest BCUT2D eigenvalue weighted by atomic mass is 35.5. The summed E-state index contributed by atoms with van der Waals surface area (Å²) in [5, 5.41) is 2.53. The Morgan fingerprint density at radius 1 is 1.27 bits per heavy atom. The van der Waals surface area contributed by atoms with Crippen LogP contribution in [0.3, 0.4) is 0 Å². The third-order valence-corrected chi connectivity index (χ3v) is 4.24. The van der Waals surface area contributed by atoms with Gasteiger partial charge in [0.15, 0.2) is 0 Å². The molecule has 1 amide bonds. The van der Waals surface area contributed by atoms with E-state index < -0.39 is 0 Å². The van der Waals surface area contributed by atoms with Crippen molar-refractivity contribution in [3.8, 4) is 0 Å². The maximum atomic E-state index is 12.4. The van der Waals surface area contributed by atoms with Gasteiger partial charge in [-0.3, -0.25) is 4.79 Å². The van der Waals surface area contributed by atoms with Crippen molar-refractivity contribution in [3.63, 3.8) is 0 Å². The molecule has 0 unspecified atom stereocenters. The average Bonchev–Trinajstić information content (AvgIpc) is 2.94. The molecule has 1 heterocycles. The molecule has 0 fully saturated rings. The second kappa shape index (κ2) is 7.22. The van der Waals surface area contributed by atoms with E-state index in [0.717, 1.165) is 10.7 Å². The molecule has 0 atom stereocenters. The van der Waals surface area contributed by atoms with Crippen molar-refractivity contribution in [1.29, 1.82) is 0 Å². The molecular weight excluding hydrogens is 318 g/mol. The van der Waals surface area contributed by atoms with E-state index in [4.69, 9.17) is 5.73 Å². The number of halogens is 1. The quantitative estimate of drug-likeness (QED) is 0.929. The van der Waals surface area contributed by atoms with Crippen molar-refractivity contribution in [1.82, 2.24) is 4.98 Å². The molecule has 120 valence electrons. The normalized spacial score (nSPS) is 11.0. The van der Waals surface area contributed by atoms with Crippen LogP contribution in [0.5, 0.6) is 0 Å². The lowest BCUT2D eigenvalue weighted by Crippen LogP contribution is -2.26. The Balaban J connectivity index is 0.00000242. The van der Waals surface area contributed by atoms with Crippen LogP contribution in [0.1, 0.15) is 41.8 Å². The van der Waals surface area contributed by atoms with E-state index in [2.05, 4.69) is 37.9 Å². The highest BCUT2D eigenvalue weighted by Gasteiger charge is 2.18.